The van der Waals surface area contributed by atoms with Gasteiger partial charge in [0.15, 0.2) is 28.2 Å². The summed E-state index contributed by atoms with van der Waals surface area (Å²) in [5.74, 6) is -9.12. The van der Waals surface area contributed by atoms with E-state index in [1.54, 1.807) is 0 Å². The second-order valence-corrected chi connectivity index (χ2v) is 7.36. The Balaban J connectivity index is 2.46. The van der Waals surface area contributed by atoms with Gasteiger partial charge in [0.25, 0.3) is 0 Å². The molecule has 11 heteroatoms. The Morgan fingerprint density at radius 2 is 1.48 bits per heavy atom. The summed E-state index contributed by atoms with van der Waals surface area (Å²) < 4.78 is 77.7. The molecule has 0 aromatic heterocycles. The number of sulfonamides is 1. The molecule has 134 valence electrons. The second-order valence-electron chi connectivity index (χ2n) is 4.78. The Kier molecular flexibility index (Phi) is 5.40. The fraction of sp³-hybridized carbons (Fsp3) is 0.0714. The van der Waals surface area contributed by atoms with Crippen LogP contribution in [0.4, 0.5) is 17.6 Å². The van der Waals surface area contributed by atoms with Crippen LogP contribution in [0.1, 0.15) is 5.56 Å². The molecule has 2 aromatic carbocycles. The van der Waals surface area contributed by atoms with Gasteiger partial charge in [0.2, 0.25) is 10.0 Å². The molecule has 0 aliphatic carbocycles. The lowest BCUT2D eigenvalue weighted by Gasteiger charge is -2.10. The topological polar surface area (TPSA) is 97.5 Å². The minimum atomic E-state index is -5.01. The Labute approximate surface area is 143 Å². The molecule has 0 bridgehead atoms. The molecule has 0 amide bonds. The van der Waals surface area contributed by atoms with Crippen molar-refractivity contribution in [3.63, 3.8) is 0 Å². The van der Waals surface area contributed by atoms with E-state index in [1.807, 2.05) is 0 Å². The van der Waals surface area contributed by atoms with Crippen LogP contribution in [0.3, 0.4) is 0 Å². The first-order valence-corrected chi connectivity index (χ1v) is 8.76. The number of hydrogen-bond acceptors (Lipinski definition) is 4. The monoisotopic (exact) mass is 395 g/mol. The zero-order valence-corrected chi connectivity index (χ0v) is 13.7. The number of nitrogens with two attached hydrogens (primary N) is 1. The van der Waals surface area contributed by atoms with E-state index in [9.17, 15) is 30.8 Å². The fourth-order valence-electron chi connectivity index (χ4n) is 1.90. The molecule has 0 saturated heterocycles. The minimum absolute atomic E-state index is 0.147. The lowest BCUT2D eigenvalue weighted by atomic mass is 10.2. The summed E-state index contributed by atoms with van der Waals surface area (Å²) in [7, 11) is -5.01. The van der Waals surface area contributed by atoms with Crippen LogP contribution in [0.25, 0.3) is 0 Å². The summed E-state index contributed by atoms with van der Waals surface area (Å²) in [6, 6.07) is 5.31. The Hall–Kier alpha value is -2.11. The number of carboxylic acid groups (broad SMARTS) is 1. The molecule has 0 saturated carbocycles. The standard InChI is InChI=1S/C14H9F4NO4S2/c15-9-11(17)14(25(19,22)23)12(18)10(16)13(9)24-7-3-1-6(2-4-7)5-8(20)21/h1-4H,5H2,(H,20,21)(H2,19,22,23). The summed E-state index contributed by atoms with van der Waals surface area (Å²) >= 11 is 0.303. The van der Waals surface area contributed by atoms with Crippen molar-refractivity contribution < 1.29 is 35.9 Å². The van der Waals surface area contributed by atoms with Gasteiger partial charge in [0.05, 0.1) is 11.3 Å². The molecule has 25 heavy (non-hydrogen) atoms. The van der Waals surface area contributed by atoms with Gasteiger partial charge in [0, 0.05) is 4.90 Å². The van der Waals surface area contributed by atoms with Gasteiger partial charge < -0.3 is 5.11 Å². The van der Waals surface area contributed by atoms with E-state index in [0.717, 1.165) is 0 Å². The highest BCUT2D eigenvalue weighted by molar-refractivity contribution is 7.99. The lowest BCUT2D eigenvalue weighted by Crippen LogP contribution is -2.19. The molecule has 0 unspecified atom stereocenters. The molecule has 2 rings (SSSR count). The van der Waals surface area contributed by atoms with Crippen molar-refractivity contribution in [2.45, 2.75) is 21.1 Å². The quantitative estimate of drug-likeness (QED) is 0.599. The van der Waals surface area contributed by atoms with Crippen molar-refractivity contribution >= 4 is 27.8 Å². The van der Waals surface area contributed by atoms with Gasteiger partial charge >= 0.3 is 5.97 Å². The molecule has 0 radical (unpaired) electrons. The summed E-state index contributed by atoms with van der Waals surface area (Å²) in [5, 5.41) is 13.2. The van der Waals surface area contributed by atoms with E-state index in [0.29, 0.717) is 17.3 Å². The average Bonchev–Trinajstić information content (AvgIpc) is 2.49. The summed E-state index contributed by atoms with van der Waals surface area (Å²) in [6.07, 6.45) is -0.278. The normalized spacial score (nSPS) is 11.6. The molecular formula is C14H9F4NO4S2. The largest absolute Gasteiger partial charge is 0.481 e. The van der Waals surface area contributed by atoms with E-state index in [2.05, 4.69) is 5.14 Å². The number of carboxylic acids is 1. The van der Waals surface area contributed by atoms with Crippen molar-refractivity contribution in [3.05, 3.63) is 53.1 Å². The van der Waals surface area contributed by atoms with Gasteiger partial charge in [-0.3, -0.25) is 4.79 Å². The third-order valence-corrected chi connectivity index (χ3v) is 4.96. The predicted molar refractivity (Wildman–Crippen MR) is 79.6 cm³/mol. The third-order valence-electron chi connectivity index (χ3n) is 2.97. The number of primary sulfonamides is 1. The molecule has 5 nitrogen and oxygen atoms in total. The van der Waals surface area contributed by atoms with Crippen LogP contribution in [-0.4, -0.2) is 19.5 Å². The fourth-order valence-corrected chi connectivity index (χ4v) is 3.44. The summed E-state index contributed by atoms with van der Waals surface area (Å²) in [6.45, 7) is 0. The van der Waals surface area contributed by atoms with E-state index < -0.39 is 49.1 Å². The second kappa shape index (κ2) is 7.02. The number of carbonyl (C=O) groups is 1. The number of halogens is 4. The minimum Gasteiger partial charge on any atom is -0.481 e. The van der Waals surface area contributed by atoms with Gasteiger partial charge in [-0.1, -0.05) is 23.9 Å². The van der Waals surface area contributed by atoms with Crippen LogP contribution in [0.15, 0.2) is 39.0 Å². The van der Waals surface area contributed by atoms with E-state index in [4.69, 9.17) is 5.11 Å². The Bertz CT molecular complexity index is 917. The highest BCUT2D eigenvalue weighted by atomic mass is 32.2. The van der Waals surface area contributed by atoms with Gasteiger partial charge in [-0.05, 0) is 17.7 Å². The zero-order chi connectivity index (χ0) is 18.9. The van der Waals surface area contributed by atoms with E-state index >= 15 is 0 Å². The van der Waals surface area contributed by atoms with E-state index in [-0.39, 0.29) is 11.3 Å². The molecule has 0 fully saturated rings. The lowest BCUT2D eigenvalue weighted by molar-refractivity contribution is -0.136. The maximum absolute atomic E-state index is 14.0. The highest BCUT2D eigenvalue weighted by Gasteiger charge is 2.31. The first-order chi connectivity index (χ1) is 11.5. The van der Waals surface area contributed by atoms with E-state index in [1.165, 1.54) is 24.3 Å². The van der Waals surface area contributed by atoms with Gasteiger partial charge in [-0.25, -0.2) is 31.1 Å². The number of hydrogen-bond donors (Lipinski definition) is 2. The van der Waals surface area contributed by atoms with Gasteiger partial charge in [-0.2, -0.15) is 0 Å². The summed E-state index contributed by atoms with van der Waals surface area (Å²) in [5.41, 5.74) is 0.403. The number of rotatable bonds is 5. The molecular weight excluding hydrogens is 386 g/mol. The van der Waals surface area contributed by atoms with Crippen LogP contribution in [-0.2, 0) is 21.2 Å². The molecule has 2 aromatic rings. The molecule has 0 aliphatic rings. The smallest absolute Gasteiger partial charge is 0.307 e. The number of benzene rings is 2. The molecule has 0 heterocycles. The van der Waals surface area contributed by atoms with Gasteiger partial charge in [-0.15, -0.1) is 0 Å². The first kappa shape index (κ1) is 19.2. The van der Waals surface area contributed by atoms with Crippen molar-refractivity contribution in [1.29, 1.82) is 0 Å². The van der Waals surface area contributed by atoms with Crippen molar-refractivity contribution in [2.75, 3.05) is 0 Å². The van der Waals surface area contributed by atoms with Gasteiger partial charge in [0.1, 0.15) is 0 Å². The summed E-state index contributed by atoms with van der Waals surface area (Å²) in [4.78, 5) is 7.75. The van der Waals surface area contributed by atoms with Crippen molar-refractivity contribution in [1.82, 2.24) is 0 Å². The predicted octanol–water partition coefficient (Wildman–Crippen LogP) is 2.67. The van der Waals surface area contributed by atoms with Crippen LogP contribution in [0.5, 0.6) is 0 Å². The zero-order valence-electron chi connectivity index (χ0n) is 12.1. The molecule has 0 aliphatic heterocycles. The molecule has 0 atom stereocenters. The Morgan fingerprint density at radius 3 is 1.88 bits per heavy atom. The number of aliphatic carboxylic acids is 1. The third kappa shape index (κ3) is 4.11. The van der Waals surface area contributed by atoms with Crippen LogP contribution < -0.4 is 5.14 Å². The van der Waals surface area contributed by atoms with Crippen LogP contribution >= 0.6 is 11.8 Å². The first-order valence-electron chi connectivity index (χ1n) is 6.39. The van der Waals surface area contributed by atoms with Crippen LogP contribution in [0, 0.1) is 23.3 Å². The van der Waals surface area contributed by atoms with Crippen LogP contribution in [0.2, 0.25) is 0 Å². The molecule has 0 spiro atoms. The molecule has 3 N–H and O–H groups in total. The Morgan fingerprint density at radius 1 is 1.00 bits per heavy atom. The maximum atomic E-state index is 14.0. The average molecular weight is 395 g/mol. The SMILES string of the molecule is NS(=O)(=O)c1c(F)c(F)c(Sc2ccc(CC(=O)O)cc2)c(F)c1F. The van der Waals surface area contributed by atoms with Crippen molar-refractivity contribution in [2.24, 2.45) is 5.14 Å². The maximum Gasteiger partial charge on any atom is 0.307 e. The van der Waals surface area contributed by atoms with Crippen molar-refractivity contribution in [3.8, 4) is 0 Å². The highest BCUT2D eigenvalue weighted by Crippen LogP contribution is 2.37.